The first-order valence-corrected chi connectivity index (χ1v) is 14.0. The lowest BCUT2D eigenvalue weighted by Gasteiger charge is -2.34. The van der Waals surface area contributed by atoms with Crippen molar-refractivity contribution in [1.29, 1.82) is 0 Å². The van der Waals surface area contributed by atoms with Crippen LogP contribution in [0.25, 0.3) is 5.65 Å². The van der Waals surface area contributed by atoms with E-state index in [2.05, 4.69) is 15.1 Å². The van der Waals surface area contributed by atoms with Crippen molar-refractivity contribution in [2.75, 3.05) is 18.6 Å². The third-order valence-electron chi connectivity index (χ3n) is 7.64. The van der Waals surface area contributed by atoms with Gasteiger partial charge in [0.25, 0.3) is 0 Å². The summed E-state index contributed by atoms with van der Waals surface area (Å²) in [6.07, 6.45) is -1.42. The molecule has 3 aromatic rings. The molecule has 1 fully saturated rings. The van der Waals surface area contributed by atoms with E-state index in [1.807, 2.05) is 13.8 Å². The molecule has 8 nitrogen and oxygen atoms in total. The smallest absolute Gasteiger partial charge is 0.330 e. The molecule has 0 radical (unpaired) electrons. The second kappa shape index (κ2) is 8.99. The number of rotatable bonds is 4. The number of carbonyl (C=O) groups excluding carboxylic acids is 1. The molecule has 5 rings (SSSR count). The third kappa shape index (κ3) is 4.65. The Morgan fingerprint density at radius 2 is 1.84 bits per heavy atom. The van der Waals surface area contributed by atoms with Crippen LogP contribution in [0, 0.1) is 11.9 Å². The minimum absolute atomic E-state index is 0.00556. The summed E-state index contributed by atoms with van der Waals surface area (Å²) in [5.74, 6) is -2.88. The molecule has 3 aromatic heterocycles. The molecule has 0 unspecified atom stereocenters. The molecule has 38 heavy (non-hydrogen) atoms. The quantitative estimate of drug-likeness (QED) is 0.454. The van der Waals surface area contributed by atoms with E-state index >= 15 is 0 Å². The normalized spacial score (nSPS) is 21.8. The van der Waals surface area contributed by atoms with Crippen LogP contribution in [0.5, 0.6) is 0 Å². The molecule has 4 heterocycles. The number of aromatic nitrogens is 4. The van der Waals surface area contributed by atoms with Gasteiger partial charge in [0, 0.05) is 59.6 Å². The van der Waals surface area contributed by atoms with Gasteiger partial charge in [-0.15, -0.1) is 5.10 Å². The van der Waals surface area contributed by atoms with E-state index in [0.717, 1.165) is 24.5 Å². The number of pyridine rings is 1. The SMILES string of the molecule is CN(C(=O)C1CCS(=O)(=O)CC1)[C@H](c1ccc([C@@H]2CC(C)(C)c3c2cnc2cc(F)nn32)nc1)C(F)(F)F. The molecule has 204 valence electrons. The van der Waals surface area contributed by atoms with E-state index in [1.165, 1.54) is 22.7 Å². The van der Waals surface area contributed by atoms with Gasteiger partial charge in [0.15, 0.2) is 11.7 Å². The monoisotopic (exact) mass is 553 g/mol. The summed E-state index contributed by atoms with van der Waals surface area (Å²) in [4.78, 5) is 22.2. The number of nitrogens with zero attached hydrogens (tertiary/aromatic N) is 5. The van der Waals surface area contributed by atoms with Crippen molar-refractivity contribution in [3.63, 3.8) is 0 Å². The maximum absolute atomic E-state index is 14.2. The number of carbonyl (C=O) groups is 1. The Bertz CT molecular complexity index is 1490. The topological polar surface area (TPSA) is 97.5 Å². The molecule has 0 aromatic carbocycles. The Morgan fingerprint density at radius 1 is 1.16 bits per heavy atom. The van der Waals surface area contributed by atoms with Crippen LogP contribution in [0.4, 0.5) is 17.6 Å². The van der Waals surface area contributed by atoms with Gasteiger partial charge < -0.3 is 4.90 Å². The Kier molecular flexibility index (Phi) is 6.27. The predicted molar refractivity (Wildman–Crippen MR) is 130 cm³/mol. The van der Waals surface area contributed by atoms with Gasteiger partial charge in [-0.3, -0.25) is 9.78 Å². The van der Waals surface area contributed by atoms with Gasteiger partial charge in [-0.25, -0.2) is 17.9 Å². The highest BCUT2D eigenvalue weighted by Crippen LogP contribution is 2.48. The summed E-state index contributed by atoms with van der Waals surface area (Å²) in [6.45, 7) is 3.96. The van der Waals surface area contributed by atoms with E-state index in [4.69, 9.17) is 0 Å². The first kappa shape index (κ1) is 26.5. The van der Waals surface area contributed by atoms with Gasteiger partial charge in [0.05, 0.1) is 17.2 Å². The molecule has 13 heteroatoms. The highest BCUT2D eigenvalue weighted by molar-refractivity contribution is 7.91. The average molecular weight is 554 g/mol. The van der Waals surface area contributed by atoms with Gasteiger partial charge in [-0.1, -0.05) is 19.9 Å². The Balaban J connectivity index is 1.44. The van der Waals surface area contributed by atoms with Crippen LogP contribution in [0.2, 0.25) is 0 Å². The number of halogens is 4. The van der Waals surface area contributed by atoms with E-state index in [0.29, 0.717) is 22.7 Å². The Hall–Kier alpha value is -3.09. The zero-order valence-electron chi connectivity index (χ0n) is 21.0. The molecule has 0 spiro atoms. The molecule has 1 amide bonds. The molecule has 2 aliphatic rings. The van der Waals surface area contributed by atoms with Gasteiger partial charge in [0.2, 0.25) is 11.9 Å². The lowest BCUT2D eigenvalue weighted by Crippen LogP contribution is -2.44. The van der Waals surface area contributed by atoms with Crippen molar-refractivity contribution in [1.82, 2.24) is 24.5 Å². The van der Waals surface area contributed by atoms with Crippen LogP contribution in [0.3, 0.4) is 0 Å². The highest BCUT2D eigenvalue weighted by Gasteiger charge is 2.47. The van der Waals surface area contributed by atoms with Gasteiger partial charge in [-0.2, -0.15) is 17.6 Å². The van der Waals surface area contributed by atoms with Crippen LogP contribution in [-0.4, -0.2) is 63.5 Å². The standard InChI is InChI=1S/C25H27F4N5O3S/c1-24(2)11-16(17-13-31-20-10-19(26)32-34(20)22(17)24)18-5-4-15(12-30-18)21(25(27,28)29)33(3)23(35)14-6-8-38(36,37)9-7-14/h4-5,10,12-14,16,21H,6-9,11H2,1-3H3/t16-,21-/m1/s1. The maximum Gasteiger partial charge on any atom is 0.413 e. The van der Waals surface area contributed by atoms with Crippen LogP contribution in [-0.2, 0) is 20.0 Å². The lowest BCUT2D eigenvalue weighted by molar-refractivity contribution is -0.190. The summed E-state index contributed by atoms with van der Waals surface area (Å²) >= 11 is 0. The summed E-state index contributed by atoms with van der Waals surface area (Å²) in [5, 5.41) is 3.93. The number of amides is 1. The molecule has 1 aliphatic heterocycles. The maximum atomic E-state index is 14.2. The zero-order valence-corrected chi connectivity index (χ0v) is 21.9. The van der Waals surface area contributed by atoms with Crippen molar-refractivity contribution >= 4 is 21.4 Å². The summed E-state index contributed by atoms with van der Waals surface area (Å²) in [7, 11) is -2.17. The number of alkyl halides is 3. The second-order valence-electron chi connectivity index (χ2n) is 10.8. The minimum atomic E-state index is -4.77. The van der Waals surface area contributed by atoms with E-state index in [1.54, 1.807) is 6.20 Å². The number of hydrogen-bond acceptors (Lipinski definition) is 6. The van der Waals surface area contributed by atoms with Crippen molar-refractivity contribution < 1.29 is 30.8 Å². The number of fused-ring (bicyclic) bond motifs is 3. The highest BCUT2D eigenvalue weighted by atomic mass is 32.2. The second-order valence-corrected chi connectivity index (χ2v) is 13.1. The van der Waals surface area contributed by atoms with Crippen molar-refractivity contribution in [3.8, 4) is 0 Å². The Labute approximate surface area is 217 Å². The molecular formula is C25H27F4N5O3S. The molecule has 0 N–H and O–H groups in total. The third-order valence-corrected chi connectivity index (χ3v) is 9.36. The Morgan fingerprint density at radius 3 is 2.45 bits per heavy atom. The van der Waals surface area contributed by atoms with Gasteiger partial charge in [-0.05, 0) is 25.3 Å². The van der Waals surface area contributed by atoms with Crippen LogP contribution in [0.15, 0.2) is 30.6 Å². The summed E-state index contributed by atoms with van der Waals surface area (Å²) in [5.41, 5.74) is 1.83. The summed E-state index contributed by atoms with van der Waals surface area (Å²) < 4.78 is 81.2. The van der Waals surface area contributed by atoms with Crippen molar-refractivity contribution in [3.05, 3.63) is 59.1 Å². The first-order chi connectivity index (χ1) is 17.7. The molecule has 0 saturated carbocycles. The molecule has 1 aliphatic carbocycles. The fourth-order valence-corrected chi connectivity index (χ4v) is 7.29. The fraction of sp³-hybridized carbons (Fsp3) is 0.520. The predicted octanol–water partition coefficient (Wildman–Crippen LogP) is 3.96. The van der Waals surface area contributed by atoms with Crippen LogP contribution >= 0.6 is 0 Å². The molecule has 0 bridgehead atoms. The lowest BCUT2D eigenvalue weighted by atomic mass is 9.88. The van der Waals surface area contributed by atoms with Gasteiger partial charge >= 0.3 is 6.18 Å². The molecule has 2 atom stereocenters. The van der Waals surface area contributed by atoms with Crippen LogP contribution < -0.4 is 0 Å². The largest absolute Gasteiger partial charge is 0.413 e. The van der Waals surface area contributed by atoms with E-state index < -0.39 is 45.2 Å². The first-order valence-electron chi connectivity index (χ1n) is 12.2. The minimum Gasteiger partial charge on any atom is -0.330 e. The number of sulfone groups is 1. The molecular weight excluding hydrogens is 526 g/mol. The van der Waals surface area contributed by atoms with Crippen molar-refractivity contribution in [2.45, 2.75) is 56.7 Å². The number of hydrogen-bond donors (Lipinski definition) is 0. The van der Waals surface area contributed by atoms with Gasteiger partial charge in [0.1, 0.15) is 9.84 Å². The van der Waals surface area contributed by atoms with E-state index in [-0.39, 0.29) is 35.8 Å². The average Bonchev–Trinajstić information content (AvgIpc) is 3.33. The fourth-order valence-electron chi connectivity index (χ4n) is 5.80. The van der Waals surface area contributed by atoms with E-state index in [9.17, 15) is 30.8 Å². The molecule has 1 saturated heterocycles. The summed E-state index contributed by atoms with van der Waals surface area (Å²) in [6, 6.07) is 1.84. The van der Waals surface area contributed by atoms with Crippen molar-refractivity contribution in [2.24, 2.45) is 5.92 Å². The zero-order chi connectivity index (χ0) is 27.6. The van der Waals surface area contributed by atoms with Crippen LogP contribution in [0.1, 0.15) is 67.6 Å².